The Morgan fingerprint density at radius 2 is 2.27 bits per heavy atom. The molecule has 0 aromatic carbocycles. The number of aliphatic hydroxyl groups excluding tert-OH is 1. The first-order valence-electron chi connectivity index (χ1n) is 3.50. The number of hydrogen-bond acceptors (Lipinski definition) is 4. The molecule has 66 valence electrons. The Hall–Kier alpha value is -0.610. The Morgan fingerprint density at radius 3 is 2.73 bits per heavy atom. The zero-order chi connectivity index (χ0) is 8.69. The van der Waals surface area contributed by atoms with E-state index in [0.29, 0.717) is 13.0 Å². The molecule has 11 heavy (non-hydrogen) atoms. The van der Waals surface area contributed by atoms with Gasteiger partial charge in [-0.2, -0.15) is 0 Å². The van der Waals surface area contributed by atoms with Crippen molar-refractivity contribution in [3.63, 3.8) is 0 Å². The van der Waals surface area contributed by atoms with E-state index in [0.717, 1.165) is 0 Å². The van der Waals surface area contributed by atoms with Gasteiger partial charge in [0, 0.05) is 13.5 Å². The van der Waals surface area contributed by atoms with Gasteiger partial charge in [-0.1, -0.05) is 0 Å². The van der Waals surface area contributed by atoms with Gasteiger partial charge in [0.2, 0.25) is 0 Å². The molecule has 0 aliphatic heterocycles. The molecule has 0 radical (unpaired) electrons. The van der Waals surface area contributed by atoms with E-state index in [1.807, 2.05) is 6.92 Å². The van der Waals surface area contributed by atoms with Crippen LogP contribution < -0.4 is 0 Å². The summed E-state index contributed by atoms with van der Waals surface area (Å²) in [5, 5.41) is 8.25. The van der Waals surface area contributed by atoms with Crippen LogP contribution in [0.25, 0.3) is 0 Å². The Kier molecular flexibility index (Phi) is 5.78. The third kappa shape index (κ3) is 5.82. The van der Waals surface area contributed by atoms with Crippen LogP contribution in [0.1, 0.15) is 13.3 Å². The second-order valence-electron chi connectivity index (χ2n) is 2.21. The van der Waals surface area contributed by atoms with E-state index in [4.69, 9.17) is 9.84 Å². The number of esters is 1. The lowest BCUT2D eigenvalue weighted by atomic mass is 10.3. The molecule has 0 saturated carbocycles. The summed E-state index contributed by atoms with van der Waals surface area (Å²) in [6.45, 7) is 1.63. The largest absolute Gasteiger partial charge is 0.464 e. The van der Waals surface area contributed by atoms with E-state index in [2.05, 4.69) is 4.74 Å². The van der Waals surface area contributed by atoms with Crippen LogP contribution in [0, 0.1) is 0 Å². The van der Waals surface area contributed by atoms with E-state index >= 15 is 0 Å². The lowest BCUT2D eigenvalue weighted by Gasteiger charge is -2.08. The summed E-state index contributed by atoms with van der Waals surface area (Å²) in [4.78, 5) is 10.4. The van der Waals surface area contributed by atoms with Crippen LogP contribution in [-0.4, -0.2) is 37.5 Å². The predicted octanol–water partition coefficient (Wildman–Crippen LogP) is -0.0531. The number of methoxy groups -OCH3 is 1. The van der Waals surface area contributed by atoms with Crippen molar-refractivity contribution in [3.8, 4) is 0 Å². The first-order valence-corrected chi connectivity index (χ1v) is 3.50. The summed E-state index contributed by atoms with van der Waals surface area (Å²) in [5.41, 5.74) is 0. The Bertz CT molecular complexity index is 113. The summed E-state index contributed by atoms with van der Waals surface area (Å²) in [7, 11) is 1.60. The van der Waals surface area contributed by atoms with Crippen LogP contribution in [0.15, 0.2) is 0 Å². The van der Waals surface area contributed by atoms with Gasteiger partial charge in [0.15, 0.2) is 0 Å². The van der Waals surface area contributed by atoms with Crippen molar-refractivity contribution < 1.29 is 19.4 Å². The molecule has 0 fully saturated rings. The smallest absolute Gasteiger partial charge is 0.331 e. The fourth-order valence-corrected chi connectivity index (χ4v) is 0.502. The van der Waals surface area contributed by atoms with Gasteiger partial charge in [-0.05, 0) is 6.92 Å². The van der Waals surface area contributed by atoms with Crippen molar-refractivity contribution >= 4 is 5.97 Å². The lowest BCUT2D eigenvalue weighted by molar-refractivity contribution is -0.147. The van der Waals surface area contributed by atoms with Gasteiger partial charge >= 0.3 is 5.97 Å². The minimum absolute atomic E-state index is 0.0847. The van der Waals surface area contributed by atoms with Gasteiger partial charge in [-0.25, -0.2) is 4.79 Å². The molecule has 0 rings (SSSR count). The number of hydrogen-bond donors (Lipinski definition) is 1. The van der Waals surface area contributed by atoms with E-state index in [1.54, 1.807) is 7.11 Å². The molecule has 0 amide bonds. The molecule has 0 saturated heterocycles. The zero-order valence-corrected chi connectivity index (χ0v) is 6.87. The molecule has 0 aliphatic rings. The molecule has 0 aliphatic carbocycles. The summed E-state index contributed by atoms with van der Waals surface area (Å²) >= 11 is 0. The summed E-state index contributed by atoms with van der Waals surface area (Å²) in [6, 6.07) is 0. The maximum atomic E-state index is 10.4. The first-order chi connectivity index (χ1) is 5.20. The number of carbonyl (C=O) groups excluding carboxylic acids is 1. The minimum Gasteiger partial charge on any atom is -0.464 e. The fourth-order valence-electron chi connectivity index (χ4n) is 0.502. The highest BCUT2D eigenvalue weighted by atomic mass is 16.5. The quantitative estimate of drug-likeness (QED) is 0.576. The Morgan fingerprint density at radius 1 is 1.64 bits per heavy atom. The second kappa shape index (κ2) is 6.12. The SMILES string of the molecule is COC(C)CCOC(=O)CO. The van der Waals surface area contributed by atoms with Gasteiger partial charge in [-0.3, -0.25) is 0 Å². The molecule has 0 heterocycles. The molecule has 0 aromatic rings. The molecule has 1 unspecified atom stereocenters. The topological polar surface area (TPSA) is 55.8 Å². The summed E-state index contributed by atoms with van der Waals surface area (Å²) in [5.74, 6) is -0.590. The van der Waals surface area contributed by atoms with Crippen molar-refractivity contribution in [2.75, 3.05) is 20.3 Å². The van der Waals surface area contributed by atoms with Crippen LogP contribution in [0.2, 0.25) is 0 Å². The van der Waals surface area contributed by atoms with Gasteiger partial charge in [0.05, 0.1) is 12.7 Å². The van der Waals surface area contributed by atoms with Crippen molar-refractivity contribution in [3.05, 3.63) is 0 Å². The average Bonchev–Trinajstić information content (AvgIpc) is 2.04. The maximum Gasteiger partial charge on any atom is 0.331 e. The number of carbonyl (C=O) groups is 1. The molecular formula is C7H14O4. The van der Waals surface area contributed by atoms with E-state index < -0.39 is 12.6 Å². The summed E-state index contributed by atoms with van der Waals surface area (Å²) in [6.07, 6.45) is 0.740. The molecule has 0 spiro atoms. The first kappa shape index (κ1) is 10.4. The van der Waals surface area contributed by atoms with Crippen molar-refractivity contribution in [1.82, 2.24) is 0 Å². The van der Waals surface area contributed by atoms with Crippen molar-refractivity contribution in [1.29, 1.82) is 0 Å². The van der Waals surface area contributed by atoms with Gasteiger partial charge in [-0.15, -0.1) is 0 Å². The lowest BCUT2D eigenvalue weighted by Crippen LogP contribution is -2.14. The van der Waals surface area contributed by atoms with E-state index in [9.17, 15) is 4.79 Å². The predicted molar refractivity (Wildman–Crippen MR) is 39.1 cm³/mol. The van der Waals surface area contributed by atoms with Crippen LogP contribution in [0.4, 0.5) is 0 Å². The molecule has 4 heteroatoms. The Balaban J connectivity index is 3.20. The molecule has 4 nitrogen and oxygen atoms in total. The number of rotatable bonds is 5. The third-order valence-electron chi connectivity index (χ3n) is 1.32. The molecular weight excluding hydrogens is 148 g/mol. The van der Waals surface area contributed by atoms with Crippen LogP contribution in [-0.2, 0) is 14.3 Å². The van der Waals surface area contributed by atoms with Crippen LogP contribution in [0.3, 0.4) is 0 Å². The average molecular weight is 162 g/mol. The maximum absolute atomic E-state index is 10.4. The highest BCUT2D eigenvalue weighted by Crippen LogP contribution is 1.95. The van der Waals surface area contributed by atoms with Crippen molar-refractivity contribution in [2.24, 2.45) is 0 Å². The highest BCUT2D eigenvalue weighted by Gasteiger charge is 2.02. The standard InChI is InChI=1S/C7H14O4/c1-6(10-2)3-4-11-7(9)5-8/h6,8H,3-5H2,1-2H3. The van der Waals surface area contributed by atoms with Crippen LogP contribution >= 0.6 is 0 Å². The monoisotopic (exact) mass is 162 g/mol. The number of ether oxygens (including phenoxy) is 2. The number of aliphatic hydroxyl groups is 1. The normalized spacial score (nSPS) is 12.6. The van der Waals surface area contributed by atoms with Gasteiger partial charge < -0.3 is 14.6 Å². The fraction of sp³-hybridized carbons (Fsp3) is 0.857. The zero-order valence-electron chi connectivity index (χ0n) is 6.87. The molecule has 0 bridgehead atoms. The third-order valence-corrected chi connectivity index (χ3v) is 1.32. The Labute approximate surface area is 66.1 Å². The van der Waals surface area contributed by atoms with E-state index in [1.165, 1.54) is 0 Å². The van der Waals surface area contributed by atoms with Gasteiger partial charge in [0.1, 0.15) is 6.61 Å². The minimum atomic E-state index is -0.590. The highest BCUT2D eigenvalue weighted by molar-refractivity contribution is 5.70. The molecule has 1 N–H and O–H groups in total. The molecule has 0 aromatic heterocycles. The summed E-state index contributed by atoms with van der Waals surface area (Å²) < 4.78 is 9.51. The molecule has 1 atom stereocenters. The van der Waals surface area contributed by atoms with Gasteiger partial charge in [0.25, 0.3) is 0 Å². The second-order valence-corrected chi connectivity index (χ2v) is 2.21. The van der Waals surface area contributed by atoms with Crippen molar-refractivity contribution in [2.45, 2.75) is 19.4 Å². The van der Waals surface area contributed by atoms with E-state index in [-0.39, 0.29) is 6.10 Å². The van der Waals surface area contributed by atoms with Crippen LogP contribution in [0.5, 0.6) is 0 Å².